The van der Waals surface area contributed by atoms with Gasteiger partial charge in [-0.2, -0.15) is 8.42 Å². The largest absolute Gasteiger partial charge is 0.464 e. The van der Waals surface area contributed by atoms with Crippen LogP contribution in [-0.2, 0) is 39.1 Å². The van der Waals surface area contributed by atoms with Gasteiger partial charge in [-0.05, 0) is 0 Å². The molecule has 2 heterocycles. The fourth-order valence-electron chi connectivity index (χ4n) is 2.43. The zero-order chi connectivity index (χ0) is 23.3. The highest BCUT2D eigenvalue weighted by atomic mass is 35.5. The Kier molecular flexibility index (Phi) is 7.88. The third-order valence-corrected chi connectivity index (χ3v) is 5.62. The Hall–Kier alpha value is -2.82. The number of β-lactam (4-membered cyclic amide) rings is 1. The Labute approximate surface area is 184 Å². The second-order valence-electron chi connectivity index (χ2n) is 5.78. The maximum absolute atomic E-state index is 12.7. The van der Waals surface area contributed by atoms with Gasteiger partial charge >= 0.3 is 16.3 Å². The molecule has 0 spiro atoms. The summed E-state index contributed by atoms with van der Waals surface area (Å²) in [5.74, 6) is -3.75. The van der Waals surface area contributed by atoms with Crippen LogP contribution in [0, 0.1) is 0 Å². The molecular weight excluding hydrogens is 482 g/mol. The number of thiazole rings is 1. The summed E-state index contributed by atoms with van der Waals surface area (Å²) in [5, 5.41) is 9.64. The van der Waals surface area contributed by atoms with Crippen molar-refractivity contribution in [2.45, 2.75) is 19.0 Å². The van der Waals surface area contributed by atoms with Crippen molar-refractivity contribution in [2.75, 3.05) is 24.9 Å². The van der Waals surface area contributed by atoms with E-state index < -0.39 is 58.4 Å². The SMILES string of the molecule is CO/N=C(/C(=O)NC1C(=O)N(S(=O)(=O)O)C1COC(C)=O)c1csc(NC(=O)CCl)n1. The number of nitrogens with zero attached hydrogens (tertiary/aromatic N) is 3. The molecule has 1 saturated heterocycles. The number of hydrogen-bond donors (Lipinski definition) is 3. The Morgan fingerprint density at radius 2 is 2.10 bits per heavy atom. The van der Waals surface area contributed by atoms with Gasteiger partial charge < -0.3 is 20.2 Å². The molecule has 31 heavy (non-hydrogen) atoms. The minimum absolute atomic E-state index is 0.0239. The Bertz CT molecular complexity index is 1030. The standard InChI is InChI=1S/C14H16ClN5O9S2/c1-6(21)29-4-8-11(13(24)20(8)31(25,26)27)18-12(23)10(19-28-2)7-5-30-14(16-7)17-9(22)3-15/h5,8,11H,3-4H2,1-2H3,(H,18,23)(H,16,17,22)(H,25,26,27)/b19-10+. The lowest BCUT2D eigenvalue weighted by atomic mass is 9.99. The maximum atomic E-state index is 12.7. The van der Waals surface area contributed by atoms with Crippen LogP contribution in [0.3, 0.4) is 0 Å². The number of anilines is 1. The predicted molar refractivity (Wildman–Crippen MR) is 106 cm³/mol. The third kappa shape index (κ3) is 5.87. The lowest BCUT2D eigenvalue weighted by molar-refractivity contribution is -0.154. The summed E-state index contributed by atoms with van der Waals surface area (Å²) in [6.45, 7) is 0.450. The summed E-state index contributed by atoms with van der Waals surface area (Å²) >= 11 is 6.35. The zero-order valence-electron chi connectivity index (χ0n) is 15.9. The molecule has 0 bridgehead atoms. The highest BCUT2D eigenvalue weighted by Crippen LogP contribution is 2.24. The second kappa shape index (κ2) is 9.99. The summed E-state index contributed by atoms with van der Waals surface area (Å²) in [5.41, 5.74) is -0.418. The van der Waals surface area contributed by atoms with Crippen molar-refractivity contribution in [1.82, 2.24) is 14.6 Å². The molecule has 170 valence electrons. The van der Waals surface area contributed by atoms with Gasteiger partial charge in [-0.3, -0.25) is 23.7 Å². The third-order valence-electron chi connectivity index (χ3n) is 3.67. The molecular formula is C14H16ClN5O9S2. The van der Waals surface area contributed by atoms with Crippen LogP contribution in [0.1, 0.15) is 12.6 Å². The molecule has 1 aliphatic rings. The van der Waals surface area contributed by atoms with Gasteiger partial charge in [0.25, 0.3) is 11.8 Å². The normalized spacial score (nSPS) is 18.8. The fourth-order valence-corrected chi connectivity index (χ4v) is 4.07. The van der Waals surface area contributed by atoms with E-state index in [-0.39, 0.29) is 21.0 Å². The molecule has 1 aliphatic heterocycles. The number of amides is 3. The lowest BCUT2D eigenvalue weighted by Crippen LogP contribution is -2.73. The highest BCUT2D eigenvalue weighted by Gasteiger charge is 2.54. The molecule has 1 aromatic rings. The van der Waals surface area contributed by atoms with Crippen LogP contribution in [-0.4, -0.2) is 83.3 Å². The number of esters is 1. The van der Waals surface area contributed by atoms with E-state index in [1.54, 1.807) is 0 Å². The predicted octanol–water partition coefficient (Wildman–Crippen LogP) is -1.27. The molecule has 1 aromatic heterocycles. The Balaban J connectivity index is 2.21. The number of halogens is 1. The lowest BCUT2D eigenvalue weighted by Gasteiger charge is -2.43. The first-order valence-corrected chi connectivity index (χ1v) is 11.0. The number of rotatable bonds is 9. The maximum Gasteiger partial charge on any atom is 0.362 e. The molecule has 0 saturated carbocycles. The molecule has 17 heteroatoms. The van der Waals surface area contributed by atoms with E-state index in [0.717, 1.165) is 25.4 Å². The van der Waals surface area contributed by atoms with Gasteiger partial charge in [0.15, 0.2) is 10.8 Å². The molecule has 3 N–H and O–H groups in total. The topological polar surface area (TPSA) is 194 Å². The molecule has 14 nitrogen and oxygen atoms in total. The van der Waals surface area contributed by atoms with Crippen molar-refractivity contribution in [2.24, 2.45) is 5.16 Å². The van der Waals surface area contributed by atoms with Crippen LogP contribution in [0.2, 0.25) is 0 Å². The summed E-state index contributed by atoms with van der Waals surface area (Å²) in [4.78, 5) is 55.8. The van der Waals surface area contributed by atoms with E-state index in [2.05, 4.69) is 25.6 Å². The van der Waals surface area contributed by atoms with Gasteiger partial charge in [0.2, 0.25) is 5.91 Å². The van der Waals surface area contributed by atoms with E-state index in [4.69, 9.17) is 16.3 Å². The van der Waals surface area contributed by atoms with Crippen LogP contribution in [0.5, 0.6) is 0 Å². The molecule has 0 radical (unpaired) electrons. The van der Waals surface area contributed by atoms with E-state index in [1.807, 2.05) is 0 Å². The summed E-state index contributed by atoms with van der Waals surface area (Å²) in [6.07, 6.45) is 0. The number of hydrogen-bond acceptors (Lipinski definition) is 11. The van der Waals surface area contributed by atoms with Gasteiger partial charge in [0.1, 0.15) is 37.4 Å². The molecule has 2 atom stereocenters. The number of alkyl halides is 1. The molecule has 0 aliphatic carbocycles. The van der Waals surface area contributed by atoms with Gasteiger partial charge in [0.05, 0.1) is 0 Å². The van der Waals surface area contributed by atoms with Crippen LogP contribution in [0.4, 0.5) is 5.13 Å². The van der Waals surface area contributed by atoms with Crippen molar-refractivity contribution >= 4 is 67.8 Å². The number of aromatic nitrogens is 1. The minimum atomic E-state index is -4.95. The fraction of sp³-hybridized carbons (Fsp3) is 0.429. The molecule has 0 aromatic carbocycles. The molecule has 2 unspecified atom stereocenters. The molecule has 1 fully saturated rings. The number of carbonyl (C=O) groups excluding carboxylic acids is 4. The van der Waals surface area contributed by atoms with Crippen LogP contribution >= 0.6 is 22.9 Å². The van der Waals surface area contributed by atoms with Crippen molar-refractivity contribution in [3.05, 3.63) is 11.1 Å². The van der Waals surface area contributed by atoms with Crippen molar-refractivity contribution in [1.29, 1.82) is 0 Å². The van der Waals surface area contributed by atoms with Crippen molar-refractivity contribution in [3.8, 4) is 0 Å². The second-order valence-corrected chi connectivity index (χ2v) is 8.19. The van der Waals surface area contributed by atoms with E-state index in [9.17, 15) is 32.1 Å². The zero-order valence-corrected chi connectivity index (χ0v) is 18.3. The molecule has 2 rings (SSSR count). The van der Waals surface area contributed by atoms with Gasteiger partial charge in [-0.25, -0.2) is 9.29 Å². The van der Waals surface area contributed by atoms with E-state index in [0.29, 0.717) is 0 Å². The average molecular weight is 498 g/mol. The van der Waals surface area contributed by atoms with Gasteiger partial charge in [-0.15, -0.1) is 22.9 Å². The first-order chi connectivity index (χ1) is 14.5. The van der Waals surface area contributed by atoms with Gasteiger partial charge in [-0.1, -0.05) is 5.16 Å². The van der Waals surface area contributed by atoms with E-state index >= 15 is 0 Å². The van der Waals surface area contributed by atoms with Crippen LogP contribution < -0.4 is 10.6 Å². The van der Waals surface area contributed by atoms with Gasteiger partial charge in [0, 0.05) is 12.3 Å². The molecule has 3 amide bonds. The monoisotopic (exact) mass is 497 g/mol. The number of carbonyl (C=O) groups is 4. The Morgan fingerprint density at radius 1 is 1.42 bits per heavy atom. The summed E-state index contributed by atoms with van der Waals surface area (Å²) < 4.78 is 36.8. The van der Waals surface area contributed by atoms with Crippen LogP contribution in [0.25, 0.3) is 0 Å². The average Bonchev–Trinajstić information content (AvgIpc) is 3.13. The highest BCUT2D eigenvalue weighted by molar-refractivity contribution is 7.84. The summed E-state index contributed by atoms with van der Waals surface area (Å²) in [6, 6.07) is -2.84. The number of ether oxygens (including phenoxy) is 1. The minimum Gasteiger partial charge on any atom is -0.464 e. The van der Waals surface area contributed by atoms with Crippen molar-refractivity contribution in [3.63, 3.8) is 0 Å². The number of nitrogens with one attached hydrogen (secondary N) is 2. The summed E-state index contributed by atoms with van der Waals surface area (Å²) in [7, 11) is -3.80. The smallest absolute Gasteiger partial charge is 0.362 e. The van der Waals surface area contributed by atoms with E-state index in [1.165, 1.54) is 5.38 Å². The first-order valence-electron chi connectivity index (χ1n) is 8.17. The van der Waals surface area contributed by atoms with Crippen molar-refractivity contribution < 1.29 is 41.7 Å². The Morgan fingerprint density at radius 3 is 2.65 bits per heavy atom. The number of oxime groups is 1. The van der Waals surface area contributed by atoms with Crippen LogP contribution in [0.15, 0.2) is 10.5 Å². The first kappa shape index (κ1) is 24.4. The quantitative estimate of drug-likeness (QED) is 0.0924.